The normalized spacial score (nSPS) is 15.8. The van der Waals surface area contributed by atoms with Crippen LogP contribution in [0, 0.1) is 5.41 Å². The number of carboxylic acids is 1. The lowest BCUT2D eigenvalue weighted by Crippen LogP contribution is -2.44. The number of aliphatic carboxylic acids is 1. The van der Waals surface area contributed by atoms with Crippen LogP contribution in [-0.4, -0.2) is 40.8 Å². The molecule has 150 valence electrons. The van der Waals surface area contributed by atoms with E-state index in [4.69, 9.17) is 9.26 Å². The first-order chi connectivity index (χ1) is 13.5. The minimum absolute atomic E-state index is 0.167. The fourth-order valence-corrected chi connectivity index (χ4v) is 3.49. The molecule has 1 aromatic heterocycles. The molecule has 0 radical (unpaired) electrons. The number of hydrogen-bond acceptors (Lipinski definition) is 6. The van der Waals surface area contributed by atoms with Gasteiger partial charge >= 0.3 is 5.97 Å². The lowest BCUT2D eigenvalue weighted by molar-refractivity contribution is -0.151. The van der Waals surface area contributed by atoms with Crippen LogP contribution in [-0.2, 0) is 16.0 Å². The quantitative estimate of drug-likeness (QED) is 0.716. The van der Waals surface area contributed by atoms with Gasteiger partial charge in [-0.15, -0.1) is 0 Å². The average molecular weight is 387 g/mol. The van der Waals surface area contributed by atoms with Crippen molar-refractivity contribution in [1.82, 2.24) is 15.5 Å². The van der Waals surface area contributed by atoms with E-state index < -0.39 is 11.4 Å². The summed E-state index contributed by atoms with van der Waals surface area (Å²) in [5.74, 6) is 0.516. The maximum Gasteiger partial charge on any atom is 0.311 e. The van der Waals surface area contributed by atoms with Crippen molar-refractivity contribution in [2.24, 2.45) is 5.41 Å². The van der Waals surface area contributed by atoms with E-state index in [2.05, 4.69) is 15.5 Å². The second kappa shape index (κ2) is 8.86. The first-order valence-electron chi connectivity index (χ1n) is 9.49. The Hall–Kier alpha value is -2.90. The third-order valence-electron chi connectivity index (χ3n) is 5.27. The molecule has 1 aliphatic carbocycles. The summed E-state index contributed by atoms with van der Waals surface area (Å²) in [6, 6.07) is 7.27. The van der Waals surface area contributed by atoms with Crippen molar-refractivity contribution in [3.05, 3.63) is 30.2 Å². The monoisotopic (exact) mass is 387 g/mol. The molecular formula is C20H25N3O5. The summed E-state index contributed by atoms with van der Waals surface area (Å²) in [6.45, 7) is 0.169. The first-order valence-corrected chi connectivity index (χ1v) is 9.49. The van der Waals surface area contributed by atoms with Gasteiger partial charge in [-0.1, -0.05) is 24.4 Å². The smallest absolute Gasteiger partial charge is 0.311 e. The second-order valence-corrected chi connectivity index (χ2v) is 7.16. The molecular weight excluding hydrogens is 362 g/mol. The van der Waals surface area contributed by atoms with Gasteiger partial charge in [-0.3, -0.25) is 9.59 Å². The summed E-state index contributed by atoms with van der Waals surface area (Å²) in [5, 5.41) is 16.3. The molecule has 3 rings (SSSR count). The zero-order chi connectivity index (χ0) is 20.0. The van der Waals surface area contributed by atoms with Gasteiger partial charge in [0.25, 0.3) is 0 Å². The summed E-state index contributed by atoms with van der Waals surface area (Å²) in [5.41, 5.74) is -0.0409. The second-order valence-electron chi connectivity index (χ2n) is 7.16. The van der Waals surface area contributed by atoms with Gasteiger partial charge in [0, 0.05) is 24.9 Å². The standard InChI is InChI=1S/C20H25N3O5/c1-27-15-7-5-14(6-8-15)18-22-17(28-23-18)10-9-16(24)21-13-20(19(25)26)11-3-2-4-12-20/h5-8H,2-4,9-13H2,1H3,(H,21,24)(H,25,26). The van der Waals surface area contributed by atoms with Gasteiger partial charge in [0.2, 0.25) is 17.6 Å². The topological polar surface area (TPSA) is 115 Å². The molecule has 1 aliphatic rings. The van der Waals surface area contributed by atoms with Crippen molar-refractivity contribution in [2.45, 2.75) is 44.9 Å². The highest BCUT2D eigenvalue weighted by Crippen LogP contribution is 2.36. The molecule has 1 saturated carbocycles. The summed E-state index contributed by atoms with van der Waals surface area (Å²) in [4.78, 5) is 28.1. The molecule has 2 N–H and O–H groups in total. The number of hydrogen-bond donors (Lipinski definition) is 2. The Labute approximate surface area is 163 Å². The van der Waals surface area contributed by atoms with Gasteiger partial charge in [0.15, 0.2) is 0 Å². The van der Waals surface area contributed by atoms with Crippen molar-refractivity contribution in [2.75, 3.05) is 13.7 Å². The Bertz CT molecular complexity index is 810. The van der Waals surface area contributed by atoms with E-state index in [0.717, 1.165) is 30.6 Å². The van der Waals surface area contributed by atoms with Gasteiger partial charge in [-0.25, -0.2) is 0 Å². The first kappa shape index (κ1) is 19.9. The number of carbonyl (C=O) groups is 2. The Morgan fingerprint density at radius 1 is 1.21 bits per heavy atom. The zero-order valence-electron chi connectivity index (χ0n) is 15.9. The molecule has 8 heteroatoms. The van der Waals surface area contributed by atoms with Crippen molar-refractivity contribution in [3.8, 4) is 17.1 Å². The number of rotatable bonds is 8. The third-order valence-corrected chi connectivity index (χ3v) is 5.27. The number of carbonyl (C=O) groups excluding carboxylic acids is 1. The lowest BCUT2D eigenvalue weighted by atomic mass is 9.74. The van der Waals surface area contributed by atoms with Crippen LogP contribution in [0.1, 0.15) is 44.4 Å². The molecule has 28 heavy (non-hydrogen) atoms. The van der Waals surface area contributed by atoms with Crippen LogP contribution in [0.15, 0.2) is 28.8 Å². The van der Waals surface area contributed by atoms with Crippen LogP contribution in [0.25, 0.3) is 11.4 Å². The van der Waals surface area contributed by atoms with E-state index in [1.807, 2.05) is 24.3 Å². The molecule has 1 heterocycles. The van der Waals surface area contributed by atoms with Gasteiger partial charge in [0.05, 0.1) is 12.5 Å². The number of carboxylic acid groups (broad SMARTS) is 1. The zero-order valence-corrected chi connectivity index (χ0v) is 15.9. The largest absolute Gasteiger partial charge is 0.497 e. The van der Waals surface area contributed by atoms with Crippen molar-refractivity contribution >= 4 is 11.9 Å². The maximum absolute atomic E-state index is 12.2. The number of ether oxygens (including phenoxy) is 1. The van der Waals surface area contributed by atoms with E-state index in [-0.39, 0.29) is 18.9 Å². The number of aryl methyl sites for hydroxylation is 1. The molecule has 0 saturated heterocycles. The van der Waals surface area contributed by atoms with Crippen molar-refractivity contribution in [1.29, 1.82) is 0 Å². The highest BCUT2D eigenvalue weighted by Gasteiger charge is 2.39. The molecule has 0 spiro atoms. The van der Waals surface area contributed by atoms with Gasteiger partial charge < -0.3 is 19.7 Å². The summed E-state index contributed by atoms with van der Waals surface area (Å²) in [7, 11) is 1.60. The van der Waals surface area contributed by atoms with Gasteiger partial charge in [0.1, 0.15) is 5.75 Å². The Morgan fingerprint density at radius 2 is 1.93 bits per heavy atom. The van der Waals surface area contributed by atoms with Crippen LogP contribution in [0.3, 0.4) is 0 Å². The molecule has 0 bridgehead atoms. The maximum atomic E-state index is 12.2. The van der Waals surface area contributed by atoms with Gasteiger partial charge in [-0.05, 0) is 37.1 Å². The molecule has 8 nitrogen and oxygen atoms in total. The van der Waals surface area contributed by atoms with Crippen LogP contribution in [0.2, 0.25) is 0 Å². The SMILES string of the molecule is COc1ccc(-c2noc(CCC(=O)NCC3(C(=O)O)CCCCC3)n2)cc1. The van der Waals surface area contributed by atoms with Crippen LogP contribution in [0.4, 0.5) is 0 Å². The van der Waals surface area contributed by atoms with E-state index in [1.54, 1.807) is 7.11 Å². The molecule has 1 amide bonds. The Kier molecular flexibility index (Phi) is 6.28. The summed E-state index contributed by atoms with van der Waals surface area (Å²) in [6.07, 6.45) is 4.51. The predicted molar refractivity (Wildman–Crippen MR) is 101 cm³/mol. The average Bonchev–Trinajstić information content (AvgIpc) is 3.20. The van der Waals surface area contributed by atoms with Gasteiger partial charge in [-0.2, -0.15) is 4.98 Å². The molecule has 1 aromatic carbocycles. The lowest BCUT2D eigenvalue weighted by Gasteiger charge is -2.33. The van der Waals surface area contributed by atoms with E-state index in [0.29, 0.717) is 31.0 Å². The van der Waals surface area contributed by atoms with Crippen LogP contribution in [0.5, 0.6) is 5.75 Å². The number of benzene rings is 1. The Morgan fingerprint density at radius 3 is 2.57 bits per heavy atom. The number of methoxy groups -OCH3 is 1. The fourth-order valence-electron chi connectivity index (χ4n) is 3.49. The van der Waals surface area contributed by atoms with Crippen molar-refractivity contribution in [3.63, 3.8) is 0 Å². The number of amides is 1. The number of aromatic nitrogens is 2. The molecule has 1 fully saturated rings. The highest BCUT2D eigenvalue weighted by atomic mass is 16.5. The number of nitrogens with zero attached hydrogens (tertiary/aromatic N) is 2. The molecule has 2 aromatic rings. The van der Waals surface area contributed by atoms with E-state index in [1.165, 1.54) is 0 Å². The number of nitrogens with one attached hydrogen (secondary N) is 1. The summed E-state index contributed by atoms with van der Waals surface area (Å²) >= 11 is 0. The molecule has 0 unspecified atom stereocenters. The summed E-state index contributed by atoms with van der Waals surface area (Å²) < 4.78 is 10.3. The van der Waals surface area contributed by atoms with E-state index in [9.17, 15) is 14.7 Å². The Balaban J connectivity index is 1.50. The fraction of sp³-hybridized carbons (Fsp3) is 0.500. The highest BCUT2D eigenvalue weighted by molar-refractivity contribution is 5.79. The minimum Gasteiger partial charge on any atom is -0.497 e. The van der Waals surface area contributed by atoms with Crippen molar-refractivity contribution < 1.29 is 24.0 Å². The third kappa shape index (κ3) is 4.68. The predicted octanol–water partition coefficient (Wildman–Crippen LogP) is 2.83. The molecule has 0 aliphatic heterocycles. The van der Waals surface area contributed by atoms with E-state index >= 15 is 0 Å². The van der Waals surface area contributed by atoms with Crippen LogP contribution < -0.4 is 10.1 Å². The van der Waals surface area contributed by atoms with Crippen LogP contribution >= 0.6 is 0 Å². The minimum atomic E-state index is -0.833. The molecule has 0 atom stereocenters.